The summed E-state index contributed by atoms with van der Waals surface area (Å²) in [4.78, 5) is 22.9. The van der Waals surface area contributed by atoms with Gasteiger partial charge in [0.1, 0.15) is 0 Å². The highest BCUT2D eigenvalue weighted by atomic mass is 35.5. The predicted octanol–water partition coefficient (Wildman–Crippen LogP) is 4.13. The summed E-state index contributed by atoms with van der Waals surface area (Å²) in [7, 11) is 1.70. The highest BCUT2D eigenvalue weighted by Crippen LogP contribution is 2.36. The van der Waals surface area contributed by atoms with Crippen LogP contribution in [0.3, 0.4) is 0 Å². The van der Waals surface area contributed by atoms with E-state index in [-0.39, 0.29) is 18.7 Å². The van der Waals surface area contributed by atoms with Crippen LogP contribution in [-0.2, 0) is 7.05 Å². The van der Waals surface area contributed by atoms with Crippen LogP contribution in [0.4, 0.5) is 14.7 Å². The fourth-order valence-electron chi connectivity index (χ4n) is 4.09. The van der Waals surface area contributed by atoms with E-state index in [1.165, 1.54) is 22.0 Å². The van der Waals surface area contributed by atoms with Gasteiger partial charge in [0.25, 0.3) is 11.8 Å². The molecule has 0 radical (unpaired) electrons. The smallest absolute Gasteiger partial charge is 0.275 e. The summed E-state index contributed by atoms with van der Waals surface area (Å²) < 4.78 is 30.5. The number of carbonyl (C=O) groups excluding carboxylic acids is 1. The molecule has 1 N–H and O–H groups in total. The van der Waals surface area contributed by atoms with E-state index in [0.29, 0.717) is 16.5 Å². The van der Waals surface area contributed by atoms with Crippen LogP contribution < -0.4 is 5.32 Å². The number of piperidine rings is 1. The van der Waals surface area contributed by atoms with Crippen molar-refractivity contribution in [1.82, 2.24) is 24.6 Å². The molecule has 2 atom stereocenters. The number of carbonyl (C=O) groups is 1. The topological polar surface area (TPSA) is 75.9 Å². The Hall–Kier alpha value is -3.07. The summed E-state index contributed by atoms with van der Waals surface area (Å²) in [6.45, 7) is 1.27. The first-order chi connectivity index (χ1) is 15.2. The Labute approximate surface area is 189 Å². The summed E-state index contributed by atoms with van der Waals surface area (Å²) >= 11 is 5.82. The number of hydrogen-bond donors (Lipinski definition) is 1. The molecule has 1 amide bonds. The molecule has 4 rings (SSSR count). The Kier molecular flexibility index (Phi) is 6.10. The van der Waals surface area contributed by atoms with Gasteiger partial charge in [-0.05, 0) is 11.5 Å². The molecule has 1 aromatic carbocycles. The lowest BCUT2D eigenvalue weighted by atomic mass is 9.88. The van der Waals surface area contributed by atoms with Crippen LogP contribution in [0.1, 0.15) is 23.8 Å². The van der Waals surface area contributed by atoms with E-state index in [0.717, 1.165) is 5.56 Å². The zero-order valence-corrected chi connectivity index (χ0v) is 18.4. The number of likely N-dealkylation sites (tertiary alicyclic amines) is 1. The minimum Gasteiger partial charge on any atom is -0.352 e. The van der Waals surface area contributed by atoms with Crippen molar-refractivity contribution in [1.29, 1.82) is 0 Å². The van der Waals surface area contributed by atoms with Crippen LogP contribution in [0.2, 0.25) is 5.02 Å². The maximum absolute atomic E-state index is 14.5. The lowest BCUT2D eigenvalue weighted by Gasteiger charge is -2.43. The third kappa shape index (κ3) is 4.72. The predicted molar refractivity (Wildman–Crippen MR) is 118 cm³/mol. The molecule has 0 aliphatic carbocycles. The summed E-state index contributed by atoms with van der Waals surface area (Å²) in [6, 6.07) is 8.80. The van der Waals surface area contributed by atoms with E-state index >= 15 is 0 Å². The van der Waals surface area contributed by atoms with Gasteiger partial charge in [0.05, 0.1) is 30.0 Å². The molecule has 3 heterocycles. The zero-order valence-electron chi connectivity index (χ0n) is 17.7. The normalized spacial score (nSPS) is 20.2. The standard InChI is InChI=1S/C22H23ClF2N6O/c1-14-8-22(24,25)13-31(18(14)11-28-21-26-9-16(23)10-27-21)20(32)19-17(12-30(2)29-19)15-6-4-3-5-7-15/h3-7,9-10,12,14,18H,8,11,13H2,1-2H3,(H,26,27,28)/t14-,18?/m1/s1. The molecule has 1 aliphatic heterocycles. The molecule has 7 nitrogen and oxygen atoms in total. The number of amides is 1. The van der Waals surface area contributed by atoms with Crippen molar-refractivity contribution in [3.63, 3.8) is 0 Å². The van der Waals surface area contributed by atoms with Crippen molar-refractivity contribution in [2.75, 3.05) is 18.4 Å². The Morgan fingerprint density at radius 1 is 1.25 bits per heavy atom. The monoisotopic (exact) mass is 460 g/mol. The van der Waals surface area contributed by atoms with Crippen LogP contribution in [0.25, 0.3) is 11.1 Å². The minimum absolute atomic E-state index is 0.149. The van der Waals surface area contributed by atoms with Gasteiger partial charge in [-0.15, -0.1) is 0 Å². The lowest BCUT2D eigenvalue weighted by molar-refractivity contribution is -0.0898. The van der Waals surface area contributed by atoms with E-state index in [9.17, 15) is 13.6 Å². The number of halogens is 3. The number of alkyl halides is 2. The molecule has 0 saturated carbocycles. The molecule has 2 aromatic heterocycles. The van der Waals surface area contributed by atoms with Crippen molar-refractivity contribution in [3.8, 4) is 11.1 Å². The van der Waals surface area contributed by atoms with Gasteiger partial charge < -0.3 is 10.2 Å². The molecule has 1 aliphatic rings. The Morgan fingerprint density at radius 2 is 1.94 bits per heavy atom. The Bertz CT molecular complexity index is 1090. The Balaban J connectivity index is 1.64. The van der Waals surface area contributed by atoms with Gasteiger partial charge in [0.15, 0.2) is 5.69 Å². The van der Waals surface area contributed by atoms with Gasteiger partial charge in [0.2, 0.25) is 5.95 Å². The summed E-state index contributed by atoms with van der Waals surface area (Å²) in [6.07, 6.45) is 4.30. The molecule has 1 unspecified atom stereocenters. The van der Waals surface area contributed by atoms with Crippen molar-refractivity contribution in [3.05, 3.63) is 59.6 Å². The zero-order chi connectivity index (χ0) is 22.9. The van der Waals surface area contributed by atoms with Crippen LogP contribution in [0.15, 0.2) is 48.9 Å². The van der Waals surface area contributed by atoms with Gasteiger partial charge in [-0.1, -0.05) is 48.9 Å². The maximum Gasteiger partial charge on any atom is 0.275 e. The SMILES string of the molecule is C[C@@H]1CC(F)(F)CN(C(=O)c2nn(C)cc2-c2ccccc2)C1CNc1ncc(Cl)cn1. The number of nitrogens with one attached hydrogen (secondary N) is 1. The number of nitrogens with zero attached hydrogens (tertiary/aromatic N) is 5. The van der Waals surface area contributed by atoms with E-state index in [4.69, 9.17) is 11.6 Å². The number of anilines is 1. The molecule has 1 fully saturated rings. The van der Waals surface area contributed by atoms with Crippen molar-refractivity contribution in [2.45, 2.75) is 25.3 Å². The van der Waals surface area contributed by atoms with E-state index in [1.807, 2.05) is 30.3 Å². The second kappa shape index (κ2) is 8.82. The molecule has 0 bridgehead atoms. The molecule has 168 valence electrons. The molecule has 10 heteroatoms. The van der Waals surface area contributed by atoms with Gasteiger partial charge in [-0.3, -0.25) is 9.48 Å². The van der Waals surface area contributed by atoms with Crippen molar-refractivity contribution in [2.24, 2.45) is 13.0 Å². The summed E-state index contributed by atoms with van der Waals surface area (Å²) in [5.74, 6) is -3.65. The van der Waals surface area contributed by atoms with E-state index in [2.05, 4.69) is 20.4 Å². The maximum atomic E-state index is 14.5. The van der Waals surface area contributed by atoms with Crippen LogP contribution in [0, 0.1) is 5.92 Å². The number of aromatic nitrogens is 4. The fourth-order valence-corrected chi connectivity index (χ4v) is 4.19. The molecule has 32 heavy (non-hydrogen) atoms. The number of benzene rings is 1. The van der Waals surface area contributed by atoms with Gasteiger partial charge >= 0.3 is 0 Å². The molecular weight excluding hydrogens is 438 g/mol. The molecule has 0 spiro atoms. The lowest BCUT2D eigenvalue weighted by Crippen LogP contribution is -2.57. The van der Waals surface area contributed by atoms with Gasteiger partial charge in [-0.25, -0.2) is 18.7 Å². The molecule has 3 aromatic rings. The van der Waals surface area contributed by atoms with Gasteiger partial charge in [0, 0.05) is 31.8 Å². The summed E-state index contributed by atoms with van der Waals surface area (Å²) in [5, 5.41) is 7.75. The van der Waals surface area contributed by atoms with Crippen LogP contribution in [-0.4, -0.2) is 55.6 Å². The third-order valence-corrected chi connectivity index (χ3v) is 5.74. The minimum atomic E-state index is -2.98. The Morgan fingerprint density at radius 3 is 2.62 bits per heavy atom. The number of hydrogen-bond acceptors (Lipinski definition) is 5. The summed E-state index contributed by atoms with van der Waals surface area (Å²) in [5.41, 5.74) is 1.55. The van der Waals surface area contributed by atoms with Crippen LogP contribution >= 0.6 is 11.6 Å². The first-order valence-electron chi connectivity index (χ1n) is 10.2. The van der Waals surface area contributed by atoms with Gasteiger partial charge in [-0.2, -0.15) is 5.10 Å². The third-order valence-electron chi connectivity index (χ3n) is 5.55. The highest BCUT2D eigenvalue weighted by Gasteiger charge is 2.46. The highest BCUT2D eigenvalue weighted by molar-refractivity contribution is 6.30. The quantitative estimate of drug-likeness (QED) is 0.619. The molecular formula is C22H23ClF2N6O. The number of rotatable bonds is 5. The van der Waals surface area contributed by atoms with E-state index in [1.54, 1.807) is 20.2 Å². The first-order valence-corrected chi connectivity index (χ1v) is 10.6. The average molecular weight is 461 g/mol. The first kappa shape index (κ1) is 22.1. The average Bonchev–Trinajstić information content (AvgIpc) is 3.15. The second-order valence-electron chi connectivity index (χ2n) is 8.07. The number of aryl methyl sites for hydroxylation is 1. The van der Waals surface area contributed by atoms with Crippen molar-refractivity contribution < 1.29 is 13.6 Å². The van der Waals surface area contributed by atoms with Crippen molar-refractivity contribution >= 4 is 23.5 Å². The van der Waals surface area contributed by atoms with Crippen LogP contribution in [0.5, 0.6) is 0 Å². The fraction of sp³-hybridized carbons (Fsp3) is 0.364. The second-order valence-corrected chi connectivity index (χ2v) is 8.51. The largest absolute Gasteiger partial charge is 0.352 e. The molecule has 1 saturated heterocycles. The van der Waals surface area contributed by atoms with E-state index < -0.39 is 30.3 Å².